The smallest absolute Gasteiger partial charge is 0.222 e. The summed E-state index contributed by atoms with van der Waals surface area (Å²) in [5, 5.41) is 2.94. The third-order valence-corrected chi connectivity index (χ3v) is 3.68. The first-order valence-electron chi connectivity index (χ1n) is 7.48. The van der Waals surface area contributed by atoms with Gasteiger partial charge in [-0.2, -0.15) is 0 Å². The molecule has 1 saturated heterocycles. The fourth-order valence-electron chi connectivity index (χ4n) is 2.43. The van der Waals surface area contributed by atoms with Crippen LogP contribution >= 0.6 is 24.8 Å². The van der Waals surface area contributed by atoms with Gasteiger partial charge in [0.05, 0.1) is 12.5 Å². The Morgan fingerprint density at radius 3 is 2.38 bits per heavy atom. The van der Waals surface area contributed by atoms with Crippen molar-refractivity contribution in [2.75, 3.05) is 39.8 Å². The van der Waals surface area contributed by atoms with Crippen LogP contribution in [0, 0.1) is 0 Å². The molecule has 1 aliphatic rings. The Hall–Kier alpha value is -0.0700. The Kier molecular flexibility index (Phi) is 16.4. The minimum atomic E-state index is -0.161. The Labute approximate surface area is 141 Å². The summed E-state index contributed by atoms with van der Waals surface area (Å²) in [6.07, 6.45) is 6.58. The van der Waals surface area contributed by atoms with Crippen molar-refractivity contribution in [3.63, 3.8) is 0 Å². The summed E-state index contributed by atoms with van der Waals surface area (Å²) in [6, 6.07) is 0. The maximum atomic E-state index is 11.6. The zero-order chi connectivity index (χ0) is 13.9. The van der Waals surface area contributed by atoms with Crippen molar-refractivity contribution in [3.05, 3.63) is 0 Å². The van der Waals surface area contributed by atoms with Crippen LogP contribution in [-0.4, -0.2) is 56.7 Å². The van der Waals surface area contributed by atoms with E-state index in [9.17, 15) is 4.79 Å². The van der Waals surface area contributed by atoms with Crippen LogP contribution < -0.4 is 11.1 Å². The largest absolute Gasteiger partial charge is 0.380 e. The van der Waals surface area contributed by atoms with Gasteiger partial charge in [0.1, 0.15) is 0 Å². The molecule has 0 bridgehead atoms. The molecule has 1 fully saturated rings. The molecule has 1 atom stereocenters. The number of nitrogens with zero attached hydrogens (tertiary/aromatic N) is 1. The molecule has 1 aliphatic heterocycles. The number of nitrogens with two attached hydrogens (primary N) is 1. The van der Waals surface area contributed by atoms with Crippen molar-refractivity contribution < 1.29 is 9.53 Å². The molecule has 1 rings (SSSR count). The van der Waals surface area contributed by atoms with E-state index in [1.165, 1.54) is 38.8 Å². The fourth-order valence-corrected chi connectivity index (χ4v) is 2.43. The lowest BCUT2D eigenvalue weighted by atomic mass is 10.2. The zero-order valence-electron chi connectivity index (χ0n) is 13.0. The number of halogens is 2. The van der Waals surface area contributed by atoms with Crippen molar-refractivity contribution in [1.82, 2.24) is 10.2 Å². The molecule has 128 valence electrons. The molecule has 21 heavy (non-hydrogen) atoms. The molecule has 1 amide bonds. The third-order valence-electron chi connectivity index (χ3n) is 3.68. The number of ether oxygens (including phenoxy) is 1. The highest BCUT2D eigenvalue weighted by molar-refractivity contribution is 5.85. The van der Waals surface area contributed by atoms with Gasteiger partial charge in [0.25, 0.3) is 0 Å². The highest BCUT2D eigenvalue weighted by Gasteiger charge is 2.11. The van der Waals surface area contributed by atoms with Gasteiger partial charge in [0.15, 0.2) is 0 Å². The second-order valence-electron chi connectivity index (χ2n) is 5.26. The zero-order valence-corrected chi connectivity index (χ0v) is 14.6. The SMILES string of the molecule is COC(CN)CC(=O)NCCCN1CCCCCC1.Cl.Cl. The average Bonchev–Trinajstić information content (AvgIpc) is 2.69. The first kappa shape index (κ1) is 23.2. The van der Waals surface area contributed by atoms with Crippen LogP contribution in [0.3, 0.4) is 0 Å². The molecule has 5 nitrogen and oxygen atoms in total. The van der Waals surface area contributed by atoms with Gasteiger partial charge in [0.2, 0.25) is 5.91 Å². The molecule has 0 saturated carbocycles. The highest BCUT2D eigenvalue weighted by Crippen LogP contribution is 2.09. The topological polar surface area (TPSA) is 67.6 Å². The molecule has 3 N–H and O–H groups in total. The quantitative estimate of drug-likeness (QED) is 0.656. The van der Waals surface area contributed by atoms with Gasteiger partial charge in [-0.25, -0.2) is 0 Å². The van der Waals surface area contributed by atoms with Crippen LogP contribution in [0.2, 0.25) is 0 Å². The summed E-state index contributed by atoms with van der Waals surface area (Å²) in [7, 11) is 1.59. The van der Waals surface area contributed by atoms with E-state index >= 15 is 0 Å². The van der Waals surface area contributed by atoms with Crippen molar-refractivity contribution in [3.8, 4) is 0 Å². The summed E-state index contributed by atoms with van der Waals surface area (Å²) in [6.45, 7) is 4.65. The first-order valence-corrected chi connectivity index (χ1v) is 7.48. The number of nitrogens with one attached hydrogen (secondary N) is 1. The van der Waals surface area contributed by atoms with Crippen LogP contribution in [0.4, 0.5) is 0 Å². The number of hydrogen-bond donors (Lipinski definition) is 2. The van der Waals surface area contributed by atoms with Gasteiger partial charge in [-0.3, -0.25) is 4.79 Å². The first-order chi connectivity index (χ1) is 9.26. The van der Waals surface area contributed by atoms with Gasteiger partial charge in [-0.15, -0.1) is 24.8 Å². The van der Waals surface area contributed by atoms with E-state index in [1.807, 2.05) is 0 Å². The van der Waals surface area contributed by atoms with E-state index in [0.29, 0.717) is 13.0 Å². The van der Waals surface area contributed by atoms with Crippen molar-refractivity contribution in [1.29, 1.82) is 0 Å². The van der Waals surface area contributed by atoms with Gasteiger partial charge in [-0.05, 0) is 38.9 Å². The number of hydrogen-bond acceptors (Lipinski definition) is 4. The Morgan fingerprint density at radius 1 is 1.24 bits per heavy atom. The Morgan fingerprint density at radius 2 is 1.86 bits per heavy atom. The molecule has 0 aromatic rings. The van der Waals surface area contributed by atoms with Gasteiger partial charge < -0.3 is 20.7 Å². The lowest BCUT2D eigenvalue weighted by molar-refractivity contribution is -0.123. The number of carbonyl (C=O) groups excluding carboxylic acids is 1. The van der Waals surface area contributed by atoms with Crippen molar-refractivity contribution in [2.45, 2.75) is 44.6 Å². The van der Waals surface area contributed by atoms with Crippen LogP contribution in [0.5, 0.6) is 0 Å². The molecule has 0 aromatic carbocycles. The van der Waals surface area contributed by atoms with Crippen LogP contribution in [0.25, 0.3) is 0 Å². The van der Waals surface area contributed by atoms with Crippen LogP contribution in [0.1, 0.15) is 38.5 Å². The summed E-state index contributed by atoms with van der Waals surface area (Å²) < 4.78 is 5.09. The molecule has 7 heteroatoms. The second-order valence-corrected chi connectivity index (χ2v) is 5.26. The number of carbonyl (C=O) groups is 1. The molecule has 0 aliphatic carbocycles. The normalized spacial score (nSPS) is 17.0. The number of rotatable bonds is 8. The van der Waals surface area contributed by atoms with Crippen LogP contribution in [0.15, 0.2) is 0 Å². The van der Waals surface area contributed by atoms with Crippen LogP contribution in [-0.2, 0) is 9.53 Å². The van der Waals surface area contributed by atoms with Gasteiger partial charge >= 0.3 is 0 Å². The van der Waals surface area contributed by atoms with Crippen molar-refractivity contribution in [2.24, 2.45) is 5.73 Å². The highest BCUT2D eigenvalue weighted by atomic mass is 35.5. The molecule has 1 unspecified atom stereocenters. The lowest BCUT2D eigenvalue weighted by Crippen LogP contribution is -2.34. The molecule has 0 spiro atoms. The maximum Gasteiger partial charge on any atom is 0.222 e. The molecule has 0 aromatic heterocycles. The van der Waals surface area contributed by atoms with E-state index in [4.69, 9.17) is 10.5 Å². The summed E-state index contributed by atoms with van der Waals surface area (Å²) >= 11 is 0. The molecular weight excluding hydrogens is 313 g/mol. The van der Waals surface area contributed by atoms with E-state index < -0.39 is 0 Å². The Balaban J connectivity index is 0. The van der Waals surface area contributed by atoms with Gasteiger partial charge in [0, 0.05) is 20.2 Å². The predicted octanol–water partition coefficient (Wildman–Crippen LogP) is 1.58. The summed E-state index contributed by atoms with van der Waals surface area (Å²) in [5.74, 6) is 0.0353. The molecule has 0 radical (unpaired) electrons. The number of likely N-dealkylation sites (tertiary alicyclic amines) is 1. The molecular formula is C14H31Cl2N3O2. The second kappa shape index (κ2) is 14.9. The standard InChI is InChI=1S/C14H29N3O2.2ClH/c1-19-13(12-15)11-14(18)16-7-6-10-17-8-4-2-3-5-9-17;;/h13H,2-12,15H2,1H3,(H,16,18);2*1H. The lowest BCUT2D eigenvalue weighted by Gasteiger charge is -2.19. The maximum absolute atomic E-state index is 11.6. The van der Waals surface area contributed by atoms with Gasteiger partial charge in [-0.1, -0.05) is 12.8 Å². The third kappa shape index (κ3) is 11.2. The van der Waals surface area contributed by atoms with E-state index in [-0.39, 0.29) is 36.8 Å². The number of amides is 1. The molecule has 1 heterocycles. The van der Waals surface area contributed by atoms with Crippen molar-refractivity contribution >= 4 is 30.7 Å². The van der Waals surface area contributed by atoms with E-state index in [2.05, 4.69) is 10.2 Å². The number of methoxy groups -OCH3 is 1. The minimum absolute atomic E-state index is 0. The minimum Gasteiger partial charge on any atom is -0.380 e. The Bertz CT molecular complexity index is 246. The average molecular weight is 344 g/mol. The van der Waals surface area contributed by atoms with E-state index in [0.717, 1.165) is 19.5 Å². The fraction of sp³-hybridized carbons (Fsp3) is 0.929. The summed E-state index contributed by atoms with van der Waals surface area (Å²) in [5.41, 5.74) is 5.49. The monoisotopic (exact) mass is 343 g/mol. The predicted molar refractivity (Wildman–Crippen MR) is 91.5 cm³/mol. The van der Waals surface area contributed by atoms with E-state index in [1.54, 1.807) is 7.11 Å². The summed E-state index contributed by atoms with van der Waals surface area (Å²) in [4.78, 5) is 14.1.